The summed E-state index contributed by atoms with van der Waals surface area (Å²) in [6.45, 7) is 0. The summed E-state index contributed by atoms with van der Waals surface area (Å²) in [5.74, 6) is 0.182. The van der Waals surface area contributed by atoms with Crippen LogP contribution in [0.5, 0.6) is 0 Å². The first kappa shape index (κ1) is 9.92. The molecule has 6 nitrogen and oxygen atoms in total. The third-order valence-electron chi connectivity index (χ3n) is 1.55. The van der Waals surface area contributed by atoms with Crippen molar-refractivity contribution in [3.63, 3.8) is 0 Å². The first-order valence-electron chi connectivity index (χ1n) is 3.73. The number of nitrogens with zero attached hydrogens (tertiary/aromatic N) is 4. The minimum absolute atomic E-state index is 0.0837. The van der Waals surface area contributed by atoms with E-state index in [-0.39, 0.29) is 11.5 Å². The molecule has 1 aromatic heterocycles. The number of anilines is 1. The Morgan fingerprint density at radius 2 is 2.21 bits per heavy atom. The Balaban J connectivity index is 3.07. The second kappa shape index (κ2) is 4.18. The highest BCUT2D eigenvalue weighted by molar-refractivity contribution is 5.86. The molecule has 0 aliphatic carbocycles. The Bertz CT molecular complexity index is 385. The molecule has 1 heterocycles. The van der Waals surface area contributed by atoms with E-state index in [1.165, 1.54) is 26.6 Å². The predicted octanol–water partition coefficient (Wildman–Crippen LogP) is 0.551. The van der Waals surface area contributed by atoms with Crippen molar-refractivity contribution < 1.29 is 9.53 Å². The number of amides is 1. The number of hydrogen-bond acceptors (Lipinski definition) is 5. The summed E-state index contributed by atoms with van der Waals surface area (Å²) >= 11 is 0. The highest BCUT2D eigenvalue weighted by atomic mass is 16.5. The van der Waals surface area contributed by atoms with Crippen molar-refractivity contribution in [3.05, 3.63) is 18.1 Å². The van der Waals surface area contributed by atoms with Gasteiger partial charge in [0.05, 0.1) is 7.11 Å². The maximum absolute atomic E-state index is 11.1. The van der Waals surface area contributed by atoms with E-state index in [1.807, 2.05) is 6.07 Å². The minimum Gasteiger partial charge on any atom is -0.452 e. The lowest BCUT2D eigenvalue weighted by molar-refractivity contribution is 0.180. The Morgan fingerprint density at radius 3 is 2.79 bits per heavy atom. The van der Waals surface area contributed by atoms with Gasteiger partial charge < -0.3 is 4.74 Å². The fourth-order valence-electron chi connectivity index (χ4n) is 0.878. The molecule has 0 saturated carbocycles. The smallest absolute Gasteiger partial charge is 0.415 e. The van der Waals surface area contributed by atoms with Crippen molar-refractivity contribution in [2.45, 2.75) is 0 Å². The number of rotatable bonds is 1. The largest absolute Gasteiger partial charge is 0.452 e. The number of carbonyl (C=O) groups excluding carboxylic acids is 1. The van der Waals surface area contributed by atoms with Gasteiger partial charge in [0.2, 0.25) is 0 Å². The summed E-state index contributed by atoms with van der Waals surface area (Å²) in [7, 11) is 2.71. The average Bonchev–Trinajstić information content (AvgIpc) is 2.26. The van der Waals surface area contributed by atoms with Crippen LogP contribution >= 0.6 is 0 Å². The van der Waals surface area contributed by atoms with Gasteiger partial charge in [-0.1, -0.05) is 0 Å². The van der Waals surface area contributed by atoms with Crippen LogP contribution in [0.1, 0.15) is 5.69 Å². The molecule has 0 aliphatic rings. The van der Waals surface area contributed by atoms with Gasteiger partial charge in [-0.3, -0.25) is 4.90 Å². The van der Waals surface area contributed by atoms with Crippen molar-refractivity contribution in [1.82, 2.24) is 9.97 Å². The van der Waals surface area contributed by atoms with Crippen molar-refractivity contribution >= 4 is 11.9 Å². The van der Waals surface area contributed by atoms with E-state index in [9.17, 15) is 4.79 Å². The van der Waals surface area contributed by atoms with Gasteiger partial charge in [-0.05, 0) is 0 Å². The molecule has 0 atom stereocenters. The van der Waals surface area contributed by atoms with Gasteiger partial charge in [0.1, 0.15) is 6.07 Å². The number of carbonyl (C=O) groups is 1. The maximum Gasteiger partial charge on any atom is 0.415 e. The molecular formula is C8H8N4O2. The molecule has 0 bridgehead atoms. The summed E-state index contributed by atoms with van der Waals surface area (Å²) in [6, 6.07) is 1.83. The topological polar surface area (TPSA) is 79.1 Å². The third-order valence-corrected chi connectivity index (χ3v) is 1.55. The van der Waals surface area contributed by atoms with Crippen LogP contribution in [-0.2, 0) is 4.74 Å². The van der Waals surface area contributed by atoms with Gasteiger partial charge in [-0.15, -0.1) is 0 Å². The van der Waals surface area contributed by atoms with Gasteiger partial charge in [0.15, 0.2) is 11.5 Å². The summed E-state index contributed by atoms with van der Waals surface area (Å²) in [5.41, 5.74) is 0.0837. The van der Waals surface area contributed by atoms with Gasteiger partial charge in [-0.2, -0.15) is 5.26 Å². The van der Waals surface area contributed by atoms with Gasteiger partial charge in [0.25, 0.3) is 0 Å². The lowest BCUT2D eigenvalue weighted by atomic mass is 10.4. The van der Waals surface area contributed by atoms with Crippen LogP contribution in [0.25, 0.3) is 0 Å². The second-order valence-corrected chi connectivity index (χ2v) is 2.37. The molecule has 1 rings (SSSR count). The highest BCUT2D eigenvalue weighted by Crippen LogP contribution is 2.12. The highest BCUT2D eigenvalue weighted by Gasteiger charge is 2.16. The zero-order valence-corrected chi connectivity index (χ0v) is 7.76. The van der Waals surface area contributed by atoms with Gasteiger partial charge in [-0.25, -0.2) is 14.8 Å². The molecule has 1 amide bonds. The molecule has 0 radical (unpaired) electrons. The fourth-order valence-corrected chi connectivity index (χ4v) is 0.878. The molecular weight excluding hydrogens is 184 g/mol. The molecule has 72 valence electrons. The quantitative estimate of drug-likeness (QED) is 0.649. The zero-order valence-electron chi connectivity index (χ0n) is 7.76. The molecule has 1 aromatic rings. The first-order chi connectivity index (χ1) is 6.70. The summed E-state index contributed by atoms with van der Waals surface area (Å²) in [6.07, 6.45) is 2.19. The van der Waals surface area contributed by atoms with E-state index < -0.39 is 6.09 Å². The van der Waals surface area contributed by atoms with E-state index in [2.05, 4.69) is 14.7 Å². The second-order valence-electron chi connectivity index (χ2n) is 2.37. The predicted molar refractivity (Wildman–Crippen MR) is 47.6 cm³/mol. The minimum atomic E-state index is -0.595. The number of hydrogen-bond donors (Lipinski definition) is 0. The van der Waals surface area contributed by atoms with E-state index in [0.29, 0.717) is 0 Å². The van der Waals surface area contributed by atoms with Crippen molar-refractivity contribution in [3.8, 4) is 6.07 Å². The maximum atomic E-state index is 11.1. The van der Waals surface area contributed by atoms with Crippen molar-refractivity contribution in [1.29, 1.82) is 5.26 Å². The van der Waals surface area contributed by atoms with E-state index >= 15 is 0 Å². The van der Waals surface area contributed by atoms with Crippen molar-refractivity contribution in [2.24, 2.45) is 0 Å². The molecule has 0 aromatic carbocycles. The van der Waals surface area contributed by atoms with E-state index in [1.54, 1.807) is 0 Å². The van der Waals surface area contributed by atoms with Crippen LogP contribution in [0.4, 0.5) is 10.6 Å². The molecule has 0 unspecified atom stereocenters. The normalized spacial score (nSPS) is 8.93. The van der Waals surface area contributed by atoms with Crippen LogP contribution in [0.2, 0.25) is 0 Å². The first-order valence-corrected chi connectivity index (χ1v) is 3.73. The Hall–Kier alpha value is -2.16. The van der Waals surface area contributed by atoms with E-state index in [4.69, 9.17) is 5.26 Å². The lowest BCUT2D eigenvalue weighted by Gasteiger charge is -2.14. The molecule has 6 heteroatoms. The standard InChI is InChI=1S/C8H8N4O2/c1-12(8(13)14-2)7-6(5-9)10-3-4-11-7/h3-4H,1-2H3. The monoisotopic (exact) mass is 192 g/mol. The lowest BCUT2D eigenvalue weighted by Crippen LogP contribution is -2.27. The van der Waals surface area contributed by atoms with Crippen LogP contribution < -0.4 is 4.90 Å². The molecule has 0 aliphatic heterocycles. The van der Waals surface area contributed by atoms with Crippen LogP contribution in [0.3, 0.4) is 0 Å². The van der Waals surface area contributed by atoms with Crippen LogP contribution in [0, 0.1) is 11.3 Å². The average molecular weight is 192 g/mol. The zero-order chi connectivity index (χ0) is 10.6. The summed E-state index contributed by atoms with van der Waals surface area (Å²) in [5, 5.41) is 8.69. The molecule has 0 fully saturated rings. The number of nitriles is 1. The summed E-state index contributed by atoms with van der Waals surface area (Å²) < 4.78 is 4.48. The number of ether oxygens (including phenoxy) is 1. The molecule has 0 N–H and O–H groups in total. The molecule has 0 spiro atoms. The molecule has 0 saturated heterocycles. The third kappa shape index (κ3) is 1.77. The van der Waals surface area contributed by atoms with Gasteiger partial charge >= 0.3 is 6.09 Å². The van der Waals surface area contributed by atoms with Crippen molar-refractivity contribution in [2.75, 3.05) is 19.1 Å². The number of aromatic nitrogens is 2. The Kier molecular flexibility index (Phi) is 2.97. The van der Waals surface area contributed by atoms with E-state index in [0.717, 1.165) is 4.90 Å². The molecule has 14 heavy (non-hydrogen) atoms. The van der Waals surface area contributed by atoms with Crippen LogP contribution in [-0.4, -0.2) is 30.2 Å². The summed E-state index contributed by atoms with van der Waals surface area (Å²) in [4.78, 5) is 19.8. The number of methoxy groups -OCH3 is 1. The fraction of sp³-hybridized carbons (Fsp3) is 0.250. The van der Waals surface area contributed by atoms with Crippen LogP contribution in [0.15, 0.2) is 12.4 Å². The Morgan fingerprint density at radius 1 is 1.57 bits per heavy atom. The van der Waals surface area contributed by atoms with Gasteiger partial charge in [0, 0.05) is 19.4 Å². The SMILES string of the molecule is COC(=O)N(C)c1nccnc1C#N. The Labute approximate surface area is 80.8 Å².